The first-order chi connectivity index (χ1) is 16.6. The molecule has 0 saturated heterocycles. The first-order valence-electron chi connectivity index (χ1n) is 10.6. The van der Waals surface area contributed by atoms with E-state index < -0.39 is 5.91 Å². The van der Waals surface area contributed by atoms with Crippen LogP contribution >= 0.6 is 11.6 Å². The lowest BCUT2D eigenvalue weighted by molar-refractivity contribution is 0.0947. The van der Waals surface area contributed by atoms with Crippen LogP contribution in [-0.4, -0.2) is 34.9 Å². The number of methoxy groups -OCH3 is 2. The van der Waals surface area contributed by atoms with Crippen molar-refractivity contribution in [1.29, 1.82) is 0 Å². The van der Waals surface area contributed by atoms with Crippen LogP contribution in [-0.2, 0) is 13.1 Å². The lowest BCUT2D eigenvalue weighted by Crippen LogP contribution is -2.18. The summed E-state index contributed by atoms with van der Waals surface area (Å²) in [5, 5.41) is 11.1. The Morgan fingerprint density at radius 3 is 2.03 bits per heavy atom. The van der Waals surface area contributed by atoms with Crippen LogP contribution in [0.3, 0.4) is 0 Å². The summed E-state index contributed by atoms with van der Waals surface area (Å²) in [5.41, 5.74) is 2.17. The third-order valence-corrected chi connectivity index (χ3v) is 5.49. The van der Waals surface area contributed by atoms with Crippen molar-refractivity contribution in [2.75, 3.05) is 24.9 Å². The molecule has 8 nitrogen and oxygen atoms in total. The van der Waals surface area contributed by atoms with E-state index in [0.717, 1.165) is 22.6 Å². The van der Waals surface area contributed by atoms with Gasteiger partial charge in [-0.05, 0) is 24.3 Å². The van der Waals surface area contributed by atoms with E-state index in [1.54, 1.807) is 38.5 Å². The van der Waals surface area contributed by atoms with E-state index in [9.17, 15) is 4.79 Å². The lowest BCUT2D eigenvalue weighted by Gasteiger charge is -2.10. The van der Waals surface area contributed by atoms with Crippen molar-refractivity contribution in [3.63, 3.8) is 0 Å². The molecule has 4 rings (SSSR count). The Kier molecular flexibility index (Phi) is 7.29. The van der Waals surface area contributed by atoms with Gasteiger partial charge in [0.15, 0.2) is 0 Å². The number of nitrogens with zero attached hydrogens (tertiary/aromatic N) is 3. The zero-order valence-corrected chi connectivity index (χ0v) is 19.5. The number of hydrogen-bond acceptors (Lipinski definition) is 7. The van der Waals surface area contributed by atoms with Crippen molar-refractivity contribution in [2.45, 2.75) is 13.1 Å². The third-order valence-electron chi connectivity index (χ3n) is 5.16. The number of nitrogens with one attached hydrogen (secondary N) is 2. The van der Waals surface area contributed by atoms with Gasteiger partial charge in [-0.3, -0.25) is 4.79 Å². The van der Waals surface area contributed by atoms with E-state index in [4.69, 9.17) is 21.1 Å². The summed E-state index contributed by atoms with van der Waals surface area (Å²) in [5.74, 6) is 1.64. The fraction of sp³-hybridized carbons (Fsp3) is 0.160. The van der Waals surface area contributed by atoms with Gasteiger partial charge in [-0.15, -0.1) is 5.10 Å². The van der Waals surface area contributed by atoms with Crippen LogP contribution in [0.25, 0.3) is 0 Å². The third kappa shape index (κ3) is 5.13. The molecular formula is C25H24ClN5O3. The number of aromatic nitrogens is 3. The van der Waals surface area contributed by atoms with Crippen molar-refractivity contribution >= 4 is 29.4 Å². The summed E-state index contributed by atoms with van der Waals surface area (Å²) in [4.78, 5) is 17.8. The molecule has 2 N–H and O–H groups in total. The van der Waals surface area contributed by atoms with Crippen molar-refractivity contribution in [1.82, 2.24) is 14.8 Å². The van der Waals surface area contributed by atoms with Crippen molar-refractivity contribution in [3.8, 4) is 11.5 Å². The number of ether oxygens (including phenoxy) is 2. The van der Waals surface area contributed by atoms with Crippen LogP contribution in [0.4, 0.5) is 11.9 Å². The van der Waals surface area contributed by atoms with Crippen molar-refractivity contribution < 1.29 is 14.3 Å². The van der Waals surface area contributed by atoms with Crippen LogP contribution in [0.2, 0.25) is 5.02 Å². The number of halogens is 1. The summed E-state index contributed by atoms with van der Waals surface area (Å²) in [7, 11) is 3.23. The van der Waals surface area contributed by atoms with Crippen molar-refractivity contribution in [2.24, 2.45) is 0 Å². The van der Waals surface area contributed by atoms with Gasteiger partial charge >= 0.3 is 0 Å². The molecule has 0 aliphatic rings. The average Bonchev–Trinajstić information content (AvgIpc) is 3.29. The molecule has 1 heterocycles. The minimum Gasteiger partial charge on any atom is -0.496 e. The number of carbonyl (C=O) groups is 1. The largest absolute Gasteiger partial charge is 0.496 e. The van der Waals surface area contributed by atoms with Crippen molar-refractivity contribution in [3.05, 3.63) is 94.5 Å². The summed E-state index contributed by atoms with van der Waals surface area (Å²) in [6.45, 7) is 0.796. The van der Waals surface area contributed by atoms with Gasteiger partial charge in [0.05, 0.1) is 24.8 Å². The van der Waals surface area contributed by atoms with Gasteiger partial charge in [0, 0.05) is 24.2 Å². The summed E-state index contributed by atoms with van der Waals surface area (Å²) in [6, 6.07) is 22.1. The van der Waals surface area contributed by atoms with Gasteiger partial charge in [0.2, 0.25) is 11.9 Å². The molecule has 9 heteroatoms. The SMILES string of the molecule is COc1ccccc1CNc1nc(NCc2ccccc2OC)n(C(=O)c2ccccc2Cl)n1. The Bertz CT molecular complexity index is 1290. The maximum Gasteiger partial charge on any atom is 0.282 e. The zero-order chi connectivity index (χ0) is 23.9. The quantitative estimate of drug-likeness (QED) is 0.355. The fourth-order valence-corrected chi connectivity index (χ4v) is 3.65. The van der Waals surface area contributed by atoms with Crippen LogP contribution in [0.1, 0.15) is 21.5 Å². The highest BCUT2D eigenvalue weighted by atomic mass is 35.5. The summed E-state index contributed by atoms with van der Waals surface area (Å²) >= 11 is 6.27. The molecular weight excluding hydrogens is 454 g/mol. The Morgan fingerprint density at radius 2 is 1.41 bits per heavy atom. The van der Waals surface area contributed by atoms with Gasteiger partial charge < -0.3 is 20.1 Å². The van der Waals surface area contributed by atoms with Gasteiger partial charge in [0.1, 0.15) is 11.5 Å². The maximum absolute atomic E-state index is 13.3. The molecule has 0 unspecified atom stereocenters. The number of benzene rings is 3. The number of para-hydroxylation sites is 2. The molecule has 0 aliphatic carbocycles. The van der Waals surface area contributed by atoms with Gasteiger partial charge in [0.25, 0.3) is 5.91 Å². The van der Waals surface area contributed by atoms with E-state index in [0.29, 0.717) is 23.7 Å². The number of hydrogen-bond donors (Lipinski definition) is 2. The molecule has 0 radical (unpaired) electrons. The first kappa shape index (κ1) is 23.1. The molecule has 0 saturated carbocycles. The highest BCUT2D eigenvalue weighted by molar-refractivity contribution is 6.33. The second-order valence-electron chi connectivity index (χ2n) is 7.29. The number of anilines is 2. The molecule has 0 aliphatic heterocycles. The van der Waals surface area contributed by atoms with Crippen LogP contribution < -0.4 is 20.1 Å². The molecule has 174 valence electrons. The molecule has 4 aromatic rings. The van der Waals surface area contributed by atoms with Crippen LogP contribution in [0.5, 0.6) is 11.5 Å². The monoisotopic (exact) mass is 477 g/mol. The average molecular weight is 478 g/mol. The van der Waals surface area contributed by atoms with Crippen LogP contribution in [0, 0.1) is 0 Å². The van der Waals surface area contributed by atoms with Gasteiger partial charge in [-0.25, -0.2) is 0 Å². The minimum absolute atomic E-state index is 0.276. The Balaban J connectivity index is 1.62. The maximum atomic E-state index is 13.3. The summed E-state index contributed by atoms with van der Waals surface area (Å²) < 4.78 is 12.0. The normalized spacial score (nSPS) is 10.6. The molecule has 0 amide bonds. The topological polar surface area (TPSA) is 90.3 Å². The molecule has 0 spiro atoms. The highest BCUT2D eigenvalue weighted by Crippen LogP contribution is 2.23. The van der Waals surface area contributed by atoms with E-state index in [2.05, 4.69) is 20.7 Å². The smallest absolute Gasteiger partial charge is 0.282 e. The Morgan fingerprint density at radius 1 is 0.853 bits per heavy atom. The Labute approximate surface area is 202 Å². The number of rotatable bonds is 9. The van der Waals surface area contributed by atoms with E-state index >= 15 is 0 Å². The minimum atomic E-state index is -0.397. The van der Waals surface area contributed by atoms with E-state index in [-0.39, 0.29) is 11.9 Å². The molecule has 34 heavy (non-hydrogen) atoms. The highest BCUT2D eigenvalue weighted by Gasteiger charge is 2.20. The predicted molar refractivity (Wildman–Crippen MR) is 132 cm³/mol. The molecule has 0 atom stereocenters. The van der Waals surface area contributed by atoms with Crippen LogP contribution in [0.15, 0.2) is 72.8 Å². The fourth-order valence-electron chi connectivity index (χ4n) is 3.44. The molecule has 3 aromatic carbocycles. The first-order valence-corrected chi connectivity index (χ1v) is 11.0. The molecule has 1 aromatic heterocycles. The zero-order valence-electron chi connectivity index (χ0n) is 18.8. The van der Waals surface area contributed by atoms with E-state index in [1.807, 2.05) is 48.5 Å². The van der Waals surface area contributed by atoms with E-state index in [1.165, 1.54) is 4.68 Å². The summed E-state index contributed by atoms with van der Waals surface area (Å²) in [6.07, 6.45) is 0. The standard InChI is InChI=1S/C25H24ClN5O3/c1-33-21-13-7-3-9-17(21)15-27-24-29-25(28-16-18-10-4-8-14-22(18)34-2)31(30-24)23(32)19-11-5-6-12-20(19)26/h3-14H,15-16H2,1-2H3,(H2,27,28,29,30). The molecule has 0 bridgehead atoms. The predicted octanol–water partition coefficient (Wildman–Crippen LogP) is 4.86. The van der Waals surface area contributed by atoms with Gasteiger partial charge in [-0.2, -0.15) is 9.67 Å². The second kappa shape index (κ2) is 10.7. The number of carbonyl (C=O) groups excluding carboxylic acids is 1. The van der Waals surface area contributed by atoms with Gasteiger partial charge in [-0.1, -0.05) is 60.1 Å². The molecule has 0 fully saturated rings. The lowest BCUT2D eigenvalue weighted by atomic mass is 10.2. The Hall–Kier alpha value is -4.04. The second-order valence-corrected chi connectivity index (χ2v) is 7.69.